The summed E-state index contributed by atoms with van der Waals surface area (Å²) in [6, 6.07) is 0. The molecule has 0 rings (SSSR count). The molecule has 4 nitrogen and oxygen atoms in total. The van der Waals surface area contributed by atoms with Crippen molar-refractivity contribution in [2.75, 3.05) is 6.61 Å². The Balaban J connectivity index is 4.91. The fourth-order valence-corrected chi connectivity index (χ4v) is 0.967. The molecule has 0 heterocycles. The van der Waals surface area contributed by atoms with Gasteiger partial charge in [0, 0.05) is 10.1 Å². The lowest BCUT2D eigenvalue weighted by Gasteiger charge is -2.29. The van der Waals surface area contributed by atoms with Crippen LogP contribution in [0.25, 0.3) is 0 Å². The third kappa shape index (κ3) is 7.60. The van der Waals surface area contributed by atoms with Gasteiger partial charge in [-0.3, -0.25) is 9.68 Å². The minimum absolute atomic E-state index is 2.15. The molecule has 23 heavy (non-hydrogen) atoms. The first kappa shape index (κ1) is 22.3. The summed E-state index contributed by atoms with van der Waals surface area (Å²) in [5, 5.41) is -5.20. The summed E-state index contributed by atoms with van der Waals surface area (Å²) in [4.78, 5) is 6.04. The fourth-order valence-electron chi connectivity index (χ4n) is 0.831. The molecule has 0 aliphatic carbocycles. The highest BCUT2D eigenvalue weighted by Crippen LogP contribution is 2.36. The SMILES string of the molecule is FC(F)(F)N(OCC(Cl)ON(C(F)(F)F)C(F)(F)F)C(F)(F)F. The molecule has 0 amide bonds. The second-order valence-electron chi connectivity index (χ2n) is 3.27. The second-order valence-corrected chi connectivity index (χ2v) is 3.76. The molecule has 1 atom stereocenters. The molecule has 0 aliphatic rings. The minimum atomic E-state index is -6.22. The van der Waals surface area contributed by atoms with E-state index in [-0.39, 0.29) is 0 Å². The molecular formula is C6H3ClF12N2O2. The normalized spacial score (nSPS) is 16.3. The van der Waals surface area contributed by atoms with E-state index in [2.05, 4.69) is 21.3 Å². The Hall–Kier alpha value is -0.710. The third-order valence-corrected chi connectivity index (χ3v) is 1.68. The van der Waals surface area contributed by atoms with E-state index in [9.17, 15) is 52.7 Å². The molecule has 0 aromatic carbocycles. The number of hydrogen-bond donors (Lipinski definition) is 0. The van der Waals surface area contributed by atoms with Crippen LogP contribution in [0.2, 0.25) is 0 Å². The van der Waals surface area contributed by atoms with Crippen molar-refractivity contribution in [3.8, 4) is 0 Å². The molecule has 0 radical (unpaired) electrons. The Labute approximate surface area is 123 Å². The van der Waals surface area contributed by atoms with E-state index in [4.69, 9.17) is 0 Å². The maximum Gasteiger partial charge on any atom is 0.490 e. The molecule has 0 fully saturated rings. The van der Waals surface area contributed by atoms with Gasteiger partial charge in [-0.15, -0.1) is 0 Å². The van der Waals surface area contributed by atoms with Gasteiger partial charge in [0.25, 0.3) is 0 Å². The highest BCUT2D eigenvalue weighted by Gasteiger charge is 2.58. The van der Waals surface area contributed by atoms with Crippen molar-refractivity contribution in [3.05, 3.63) is 0 Å². The van der Waals surface area contributed by atoms with E-state index in [1.165, 1.54) is 0 Å². The average molecular weight is 399 g/mol. The molecule has 0 aromatic rings. The van der Waals surface area contributed by atoms with Crippen LogP contribution in [0.5, 0.6) is 0 Å². The van der Waals surface area contributed by atoms with E-state index in [0.29, 0.717) is 0 Å². The van der Waals surface area contributed by atoms with Crippen LogP contribution in [0.4, 0.5) is 52.7 Å². The van der Waals surface area contributed by atoms with Crippen LogP contribution in [0.1, 0.15) is 0 Å². The van der Waals surface area contributed by atoms with Gasteiger partial charge in [0.05, 0.1) is 0 Å². The molecule has 0 N–H and O–H groups in total. The first-order chi connectivity index (χ1) is 9.87. The van der Waals surface area contributed by atoms with Crippen molar-refractivity contribution < 1.29 is 62.4 Å². The lowest BCUT2D eigenvalue weighted by molar-refractivity contribution is -0.503. The lowest BCUT2D eigenvalue weighted by Crippen LogP contribution is -2.51. The molecule has 0 aliphatic heterocycles. The third-order valence-electron chi connectivity index (χ3n) is 1.48. The number of nitrogens with zero attached hydrogens (tertiary/aromatic N) is 2. The summed E-state index contributed by atoms with van der Waals surface area (Å²) in [6.45, 7) is -2.15. The number of hydroxylamine groups is 4. The summed E-state index contributed by atoms with van der Waals surface area (Å²) >= 11 is 4.68. The monoisotopic (exact) mass is 398 g/mol. The smallest absolute Gasteiger partial charge is 0.280 e. The lowest BCUT2D eigenvalue weighted by atomic mass is 10.8. The second kappa shape index (κ2) is 7.04. The van der Waals surface area contributed by atoms with E-state index >= 15 is 0 Å². The van der Waals surface area contributed by atoms with Gasteiger partial charge in [0.15, 0.2) is 5.56 Å². The molecule has 0 saturated carbocycles. The van der Waals surface area contributed by atoms with Gasteiger partial charge in [0.1, 0.15) is 6.61 Å². The first-order valence-electron chi connectivity index (χ1n) is 4.68. The van der Waals surface area contributed by atoms with Crippen molar-refractivity contribution in [3.63, 3.8) is 0 Å². The summed E-state index contributed by atoms with van der Waals surface area (Å²) < 4.78 is 143. The standard InChI is InChI=1S/C6H3ClF12N2O2/c7-2(23-21(5(14,15)16)6(17,18)19)1-22-20(3(8,9)10)4(11,12)13/h2H,1H2. The summed E-state index contributed by atoms with van der Waals surface area (Å²) in [5.74, 6) is 0. The molecule has 1 unspecified atom stereocenters. The van der Waals surface area contributed by atoms with Gasteiger partial charge in [-0.1, -0.05) is 11.6 Å². The molecule has 0 aromatic heterocycles. The Morgan fingerprint density at radius 3 is 1.22 bits per heavy atom. The fraction of sp³-hybridized carbons (Fsp3) is 1.00. The zero-order valence-electron chi connectivity index (χ0n) is 9.91. The van der Waals surface area contributed by atoms with E-state index in [1.54, 1.807) is 0 Å². The Morgan fingerprint density at radius 1 is 0.652 bits per heavy atom. The maximum absolute atomic E-state index is 12.0. The van der Waals surface area contributed by atoms with Gasteiger partial charge in [-0.25, -0.2) is 0 Å². The Kier molecular flexibility index (Phi) is 6.82. The number of halogens is 13. The van der Waals surface area contributed by atoms with Crippen molar-refractivity contribution in [1.82, 2.24) is 10.1 Å². The highest BCUT2D eigenvalue weighted by molar-refractivity contribution is 6.19. The maximum atomic E-state index is 12.0. The quantitative estimate of drug-likeness (QED) is 0.301. The van der Waals surface area contributed by atoms with E-state index in [0.717, 1.165) is 0 Å². The van der Waals surface area contributed by atoms with Crippen LogP contribution in [0.15, 0.2) is 0 Å². The number of alkyl halides is 13. The summed E-state index contributed by atoms with van der Waals surface area (Å²) in [6.07, 6.45) is -24.8. The molecule has 0 spiro atoms. The van der Waals surface area contributed by atoms with Crippen LogP contribution >= 0.6 is 11.6 Å². The van der Waals surface area contributed by atoms with Gasteiger partial charge in [-0.2, -0.15) is 52.7 Å². The first-order valence-corrected chi connectivity index (χ1v) is 5.11. The average Bonchev–Trinajstić information content (AvgIpc) is 2.18. The Bertz CT molecular complexity index is 348. The van der Waals surface area contributed by atoms with Gasteiger partial charge in [-0.05, 0) is 0 Å². The van der Waals surface area contributed by atoms with Crippen molar-refractivity contribution in [1.29, 1.82) is 0 Å². The summed E-state index contributed by atoms with van der Waals surface area (Å²) in [7, 11) is 0. The van der Waals surface area contributed by atoms with Crippen molar-refractivity contribution in [2.24, 2.45) is 0 Å². The molecule has 17 heteroatoms. The highest BCUT2D eigenvalue weighted by atomic mass is 35.5. The van der Waals surface area contributed by atoms with E-state index in [1.807, 2.05) is 0 Å². The number of hydrogen-bond acceptors (Lipinski definition) is 4. The Morgan fingerprint density at radius 2 is 0.957 bits per heavy atom. The van der Waals surface area contributed by atoms with Crippen LogP contribution in [-0.4, -0.2) is 47.5 Å². The van der Waals surface area contributed by atoms with Crippen LogP contribution in [-0.2, 0) is 9.68 Å². The largest absolute Gasteiger partial charge is 0.490 e. The van der Waals surface area contributed by atoms with Gasteiger partial charge in [0.2, 0.25) is 0 Å². The molecular weight excluding hydrogens is 396 g/mol. The van der Waals surface area contributed by atoms with Crippen LogP contribution in [0, 0.1) is 0 Å². The molecule has 0 bridgehead atoms. The zero-order valence-corrected chi connectivity index (χ0v) is 10.7. The predicted molar refractivity (Wildman–Crippen MR) is 44.6 cm³/mol. The number of rotatable bonds is 5. The van der Waals surface area contributed by atoms with Gasteiger partial charge < -0.3 is 0 Å². The molecule has 140 valence electrons. The van der Waals surface area contributed by atoms with Crippen LogP contribution in [0.3, 0.4) is 0 Å². The minimum Gasteiger partial charge on any atom is -0.280 e. The van der Waals surface area contributed by atoms with Crippen molar-refractivity contribution >= 4 is 11.6 Å². The van der Waals surface area contributed by atoms with Crippen molar-refractivity contribution in [2.45, 2.75) is 30.8 Å². The van der Waals surface area contributed by atoms with E-state index < -0.39 is 47.5 Å². The topological polar surface area (TPSA) is 24.9 Å². The predicted octanol–water partition coefficient (Wildman–Crippen LogP) is 4.10. The van der Waals surface area contributed by atoms with Crippen LogP contribution < -0.4 is 0 Å². The molecule has 0 saturated heterocycles. The summed E-state index contributed by atoms with van der Waals surface area (Å²) in [5.41, 5.74) is -2.99. The zero-order chi connectivity index (χ0) is 18.9. The van der Waals surface area contributed by atoms with Gasteiger partial charge >= 0.3 is 25.2 Å².